The summed E-state index contributed by atoms with van der Waals surface area (Å²) in [6, 6.07) is -0.160. The van der Waals surface area contributed by atoms with Crippen LogP contribution in [-0.2, 0) is 22.8 Å². The van der Waals surface area contributed by atoms with Crippen LogP contribution in [0, 0.1) is 11.8 Å². The molecule has 0 spiro atoms. The Morgan fingerprint density at radius 3 is 2.84 bits per heavy atom. The number of rotatable bonds is 5. The molecule has 19 heavy (non-hydrogen) atoms. The topological polar surface area (TPSA) is 90.9 Å². The van der Waals surface area contributed by atoms with E-state index >= 15 is 0 Å². The van der Waals surface area contributed by atoms with Crippen molar-refractivity contribution in [1.29, 1.82) is 0 Å². The Hall–Kier alpha value is -0.950. The van der Waals surface area contributed by atoms with E-state index in [1.807, 2.05) is 4.68 Å². The molecule has 0 amide bonds. The summed E-state index contributed by atoms with van der Waals surface area (Å²) >= 11 is 0. The highest BCUT2D eigenvalue weighted by Gasteiger charge is 2.32. The van der Waals surface area contributed by atoms with Crippen LogP contribution >= 0.6 is 0 Å². The van der Waals surface area contributed by atoms with Crippen molar-refractivity contribution in [2.45, 2.75) is 39.3 Å². The normalized spacial score (nSPS) is 23.9. The zero-order chi connectivity index (χ0) is 14.0. The summed E-state index contributed by atoms with van der Waals surface area (Å²) in [5.74, 6) is 1.87. The van der Waals surface area contributed by atoms with Gasteiger partial charge in [-0.15, -0.1) is 0 Å². The summed E-state index contributed by atoms with van der Waals surface area (Å²) in [4.78, 5) is 4.24. The van der Waals surface area contributed by atoms with E-state index in [1.54, 1.807) is 0 Å². The van der Waals surface area contributed by atoms with Gasteiger partial charge in [0.15, 0.2) is 9.84 Å². The molecule has 0 saturated carbocycles. The molecule has 2 heterocycles. The van der Waals surface area contributed by atoms with Gasteiger partial charge < -0.3 is 5.73 Å². The second-order valence-electron chi connectivity index (χ2n) is 5.78. The minimum absolute atomic E-state index is 0.0502. The standard InChI is InChI=1S/C12H22N4O2S/c1-9(2)6-16-12(14-8-15-16)5-11(13)10-3-4-19(17,18)7-10/h8-11H,3-7,13H2,1-2H3. The number of nitrogens with zero attached hydrogens (tertiary/aromatic N) is 3. The highest BCUT2D eigenvalue weighted by molar-refractivity contribution is 7.91. The van der Waals surface area contributed by atoms with E-state index in [4.69, 9.17) is 5.73 Å². The van der Waals surface area contributed by atoms with E-state index < -0.39 is 9.84 Å². The Kier molecular flexibility index (Phi) is 4.25. The van der Waals surface area contributed by atoms with Gasteiger partial charge in [-0.05, 0) is 18.3 Å². The van der Waals surface area contributed by atoms with E-state index in [9.17, 15) is 8.42 Å². The van der Waals surface area contributed by atoms with Crippen molar-refractivity contribution in [3.05, 3.63) is 12.2 Å². The lowest BCUT2D eigenvalue weighted by Crippen LogP contribution is -2.34. The first-order valence-electron chi connectivity index (χ1n) is 6.70. The lowest BCUT2D eigenvalue weighted by Gasteiger charge is -2.18. The molecule has 2 rings (SSSR count). The summed E-state index contributed by atoms with van der Waals surface area (Å²) in [7, 11) is -2.87. The van der Waals surface area contributed by atoms with Crippen LogP contribution in [0.3, 0.4) is 0 Å². The lowest BCUT2D eigenvalue weighted by molar-refractivity contribution is 0.421. The zero-order valence-corrected chi connectivity index (χ0v) is 12.3. The highest BCUT2D eigenvalue weighted by Crippen LogP contribution is 2.22. The average molecular weight is 286 g/mol. The minimum atomic E-state index is -2.87. The maximum Gasteiger partial charge on any atom is 0.150 e. The third-order valence-corrected chi connectivity index (χ3v) is 5.32. The van der Waals surface area contributed by atoms with Gasteiger partial charge in [-0.1, -0.05) is 13.8 Å². The van der Waals surface area contributed by atoms with Crippen LogP contribution in [0.25, 0.3) is 0 Å². The van der Waals surface area contributed by atoms with E-state index in [0.29, 0.717) is 18.8 Å². The largest absolute Gasteiger partial charge is 0.327 e. The Bertz CT molecular complexity index is 524. The van der Waals surface area contributed by atoms with Crippen molar-refractivity contribution in [3.63, 3.8) is 0 Å². The quantitative estimate of drug-likeness (QED) is 0.837. The molecule has 1 aliphatic rings. The van der Waals surface area contributed by atoms with Gasteiger partial charge in [0.05, 0.1) is 11.5 Å². The van der Waals surface area contributed by atoms with Crippen LogP contribution in [0.15, 0.2) is 6.33 Å². The molecule has 7 heteroatoms. The molecular formula is C12H22N4O2S. The number of hydrogen-bond donors (Lipinski definition) is 1. The number of sulfone groups is 1. The van der Waals surface area contributed by atoms with Crippen LogP contribution in [-0.4, -0.2) is 40.7 Å². The molecule has 1 aromatic heterocycles. The van der Waals surface area contributed by atoms with Crippen molar-refractivity contribution in [1.82, 2.24) is 14.8 Å². The Morgan fingerprint density at radius 2 is 2.26 bits per heavy atom. The molecule has 108 valence electrons. The van der Waals surface area contributed by atoms with E-state index in [2.05, 4.69) is 23.9 Å². The van der Waals surface area contributed by atoms with Gasteiger partial charge in [-0.25, -0.2) is 18.1 Å². The maximum atomic E-state index is 11.5. The number of aromatic nitrogens is 3. The van der Waals surface area contributed by atoms with Gasteiger partial charge in [0.1, 0.15) is 12.2 Å². The zero-order valence-electron chi connectivity index (χ0n) is 11.5. The molecule has 1 fully saturated rings. The van der Waals surface area contributed by atoms with Crippen LogP contribution in [0.1, 0.15) is 26.1 Å². The molecule has 0 aromatic carbocycles. The number of hydrogen-bond acceptors (Lipinski definition) is 5. The first-order valence-corrected chi connectivity index (χ1v) is 8.52. The van der Waals surface area contributed by atoms with E-state index in [0.717, 1.165) is 12.4 Å². The van der Waals surface area contributed by atoms with Gasteiger partial charge in [0, 0.05) is 19.0 Å². The summed E-state index contributed by atoms with van der Waals surface area (Å²) in [6.45, 7) is 5.05. The second-order valence-corrected chi connectivity index (χ2v) is 8.01. The molecule has 1 saturated heterocycles. The monoisotopic (exact) mass is 286 g/mol. The molecule has 2 atom stereocenters. The molecule has 6 nitrogen and oxygen atoms in total. The van der Waals surface area contributed by atoms with Crippen LogP contribution in [0.5, 0.6) is 0 Å². The average Bonchev–Trinajstić information content (AvgIpc) is 2.85. The van der Waals surface area contributed by atoms with Gasteiger partial charge in [0.25, 0.3) is 0 Å². The molecule has 0 radical (unpaired) electrons. The lowest BCUT2D eigenvalue weighted by atomic mass is 9.97. The first-order chi connectivity index (χ1) is 8.87. The van der Waals surface area contributed by atoms with E-state index in [-0.39, 0.29) is 23.5 Å². The third-order valence-electron chi connectivity index (χ3n) is 3.53. The Balaban J connectivity index is 1.99. The van der Waals surface area contributed by atoms with Crippen molar-refractivity contribution < 1.29 is 8.42 Å². The van der Waals surface area contributed by atoms with Crippen LogP contribution < -0.4 is 5.73 Å². The smallest absolute Gasteiger partial charge is 0.150 e. The summed E-state index contributed by atoms with van der Waals surface area (Å²) in [6.07, 6.45) is 2.80. The molecule has 1 aromatic rings. The minimum Gasteiger partial charge on any atom is -0.327 e. The second kappa shape index (κ2) is 5.58. The molecular weight excluding hydrogens is 264 g/mol. The predicted octanol–water partition coefficient (Wildman–Crippen LogP) is 0.239. The van der Waals surface area contributed by atoms with Gasteiger partial charge in [0.2, 0.25) is 0 Å². The fourth-order valence-corrected chi connectivity index (χ4v) is 4.38. The third kappa shape index (κ3) is 3.76. The van der Waals surface area contributed by atoms with Crippen molar-refractivity contribution in [2.75, 3.05) is 11.5 Å². The predicted molar refractivity (Wildman–Crippen MR) is 73.3 cm³/mol. The highest BCUT2D eigenvalue weighted by atomic mass is 32.2. The summed E-state index contributed by atoms with van der Waals surface area (Å²) in [5.41, 5.74) is 6.15. The fourth-order valence-electron chi connectivity index (χ4n) is 2.48. The number of nitrogens with two attached hydrogens (primary N) is 1. The van der Waals surface area contributed by atoms with Gasteiger partial charge >= 0.3 is 0 Å². The van der Waals surface area contributed by atoms with Gasteiger partial charge in [-0.3, -0.25) is 0 Å². The fraction of sp³-hybridized carbons (Fsp3) is 0.833. The Morgan fingerprint density at radius 1 is 1.53 bits per heavy atom. The molecule has 0 aliphatic carbocycles. The molecule has 2 unspecified atom stereocenters. The van der Waals surface area contributed by atoms with Crippen molar-refractivity contribution >= 4 is 9.84 Å². The molecule has 2 N–H and O–H groups in total. The SMILES string of the molecule is CC(C)Cn1ncnc1CC(N)C1CCS(=O)(=O)C1. The van der Waals surface area contributed by atoms with Gasteiger partial charge in [-0.2, -0.15) is 5.10 Å². The van der Waals surface area contributed by atoms with Crippen molar-refractivity contribution in [2.24, 2.45) is 17.6 Å². The Labute approximate surface area is 114 Å². The van der Waals surface area contributed by atoms with Crippen molar-refractivity contribution in [3.8, 4) is 0 Å². The molecule has 1 aliphatic heterocycles. The first kappa shape index (κ1) is 14.5. The summed E-state index contributed by atoms with van der Waals surface area (Å²) in [5, 5.41) is 4.20. The maximum absolute atomic E-state index is 11.5. The van der Waals surface area contributed by atoms with Crippen LogP contribution in [0.2, 0.25) is 0 Å². The molecule has 0 bridgehead atoms. The van der Waals surface area contributed by atoms with E-state index in [1.165, 1.54) is 6.33 Å². The van der Waals surface area contributed by atoms with Crippen LogP contribution in [0.4, 0.5) is 0 Å². The summed E-state index contributed by atoms with van der Waals surface area (Å²) < 4.78 is 24.8.